The van der Waals surface area contributed by atoms with E-state index < -0.39 is 11.9 Å². The molecular formula is C28H28O6. The molecule has 3 rings (SSSR count). The number of hydrogen-bond donors (Lipinski definition) is 0. The number of ether oxygens (including phenoxy) is 3. The molecule has 2 aromatic carbocycles. The highest BCUT2D eigenvalue weighted by Gasteiger charge is 2.23. The van der Waals surface area contributed by atoms with Crippen molar-refractivity contribution in [3.05, 3.63) is 84.0 Å². The van der Waals surface area contributed by atoms with Gasteiger partial charge < -0.3 is 14.2 Å². The van der Waals surface area contributed by atoms with E-state index in [1.165, 1.54) is 11.6 Å². The quantitative estimate of drug-likeness (QED) is 0.308. The predicted molar refractivity (Wildman–Crippen MR) is 129 cm³/mol. The average Bonchev–Trinajstić information content (AvgIpc) is 3.19. The predicted octanol–water partition coefficient (Wildman–Crippen LogP) is 5.15. The molecule has 0 fully saturated rings. The molecule has 0 N–H and O–H groups in total. The summed E-state index contributed by atoms with van der Waals surface area (Å²) in [4.78, 5) is 35.8. The molecule has 1 unspecified atom stereocenters. The Labute approximate surface area is 199 Å². The van der Waals surface area contributed by atoms with Crippen LogP contribution in [0.1, 0.15) is 31.9 Å². The van der Waals surface area contributed by atoms with Crippen LogP contribution in [0.25, 0.3) is 11.1 Å². The molecular weight excluding hydrogens is 432 g/mol. The van der Waals surface area contributed by atoms with Gasteiger partial charge in [-0.3, -0.25) is 0 Å². The van der Waals surface area contributed by atoms with Crippen LogP contribution in [-0.2, 0) is 32.0 Å². The molecule has 1 aliphatic rings. The van der Waals surface area contributed by atoms with E-state index in [-0.39, 0.29) is 34.5 Å². The summed E-state index contributed by atoms with van der Waals surface area (Å²) >= 11 is 0. The molecule has 6 nitrogen and oxygen atoms in total. The average molecular weight is 461 g/mol. The number of carbonyl (C=O) groups is 3. The second kappa shape index (κ2) is 10.3. The van der Waals surface area contributed by atoms with E-state index in [2.05, 4.69) is 25.8 Å². The van der Waals surface area contributed by atoms with Crippen LogP contribution in [0, 0.1) is 5.92 Å². The molecule has 0 saturated carbocycles. The SMILES string of the molecule is C=C(C)C(=O)OCC1Cc2ccc(-c3cc(OC(=O)C(=C)C)cc(OC(=O)C(=C)C)c3)cc2C1. The minimum absolute atomic E-state index is 0.198. The molecule has 34 heavy (non-hydrogen) atoms. The van der Waals surface area contributed by atoms with Crippen LogP contribution in [0.3, 0.4) is 0 Å². The molecule has 0 spiro atoms. The summed E-state index contributed by atoms with van der Waals surface area (Å²) in [7, 11) is 0. The van der Waals surface area contributed by atoms with Gasteiger partial charge in [-0.25, -0.2) is 14.4 Å². The van der Waals surface area contributed by atoms with E-state index in [4.69, 9.17) is 14.2 Å². The fourth-order valence-electron chi connectivity index (χ4n) is 3.57. The standard InChI is InChI=1S/C28H28O6/c1-16(2)26(29)32-15-19-9-20-7-8-21(11-22(20)10-19)23-12-24(33-27(30)17(3)4)14-25(13-23)34-28(31)18(5)6/h7-8,11-14,19H,1,3,5,9-10,15H2,2,4,6H3. The Morgan fingerprint density at radius 1 is 0.735 bits per heavy atom. The second-order valence-electron chi connectivity index (χ2n) is 8.67. The highest BCUT2D eigenvalue weighted by Crippen LogP contribution is 2.35. The van der Waals surface area contributed by atoms with Gasteiger partial charge in [-0.15, -0.1) is 0 Å². The molecule has 0 aliphatic heterocycles. The Balaban J connectivity index is 1.87. The van der Waals surface area contributed by atoms with Crippen LogP contribution in [0.2, 0.25) is 0 Å². The van der Waals surface area contributed by atoms with Gasteiger partial charge in [-0.1, -0.05) is 37.9 Å². The molecule has 0 bridgehead atoms. The van der Waals surface area contributed by atoms with E-state index in [9.17, 15) is 14.4 Å². The highest BCUT2D eigenvalue weighted by atomic mass is 16.5. The largest absolute Gasteiger partial charge is 0.462 e. The molecule has 0 amide bonds. The molecule has 176 valence electrons. The number of benzene rings is 2. The molecule has 0 aromatic heterocycles. The van der Waals surface area contributed by atoms with Gasteiger partial charge in [-0.05, 0) is 68.0 Å². The van der Waals surface area contributed by atoms with Gasteiger partial charge in [0, 0.05) is 28.7 Å². The molecule has 6 heteroatoms. The van der Waals surface area contributed by atoms with Gasteiger partial charge in [0.2, 0.25) is 0 Å². The van der Waals surface area contributed by atoms with Gasteiger partial charge in [0.1, 0.15) is 11.5 Å². The van der Waals surface area contributed by atoms with Crippen molar-refractivity contribution in [1.82, 2.24) is 0 Å². The van der Waals surface area contributed by atoms with Crippen molar-refractivity contribution in [3.8, 4) is 22.6 Å². The molecule has 0 heterocycles. The van der Waals surface area contributed by atoms with Crippen molar-refractivity contribution in [3.63, 3.8) is 0 Å². The van der Waals surface area contributed by atoms with Crippen LogP contribution in [0.4, 0.5) is 0 Å². The third-order valence-corrected chi connectivity index (χ3v) is 5.35. The van der Waals surface area contributed by atoms with Crippen molar-refractivity contribution < 1.29 is 28.6 Å². The van der Waals surface area contributed by atoms with Gasteiger partial charge >= 0.3 is 17.9 Å². The minimum atomic E-state index is -0.574. The van der Waals surface area contributed by atoms with Crippen LogP contribution in [-0.4, -0.2) is 24.5 Å². The summed E-state index contributed by atoms with van der Waals surface area (Å²) < 4.78 is 16.1. The molecule has 0 radical (unpaired) electrons. The van der Waals surface area contributed by atoms with E-state index in [1.807, 2.05) is 12.1 Å². The monoisotopic (exact) mass is 460 g/mol. The molecule has 1 atom stereocenters. The third kappa shape index (κ3) is 6.10. The van der Waals surface area contributed by atoms with Crippen molar-refractivity contribution in [2.24, 2.45) is 5.92 Å². The van der Waals surface area contributed by atoms with Crippen LogP contribution < -0.4 is 9.47 Å². The number of rotatable bonds is 8. The van der Waals surface area contributed by atoms with E-state index in [0.29, 0.717) is 12.2 Å². The Kier molecular flexibility index (Phi) is 7.51. The summed E-state index contributed by atoms with van der Waals surface area (Å²) in [5.74, 6) is -0.857. The summed E-state index contributed by atoms with van der Waals surface area (Å²) in [5, 5.41) is 0. The number of esters is 3. The Bertz CT molecular complexity index is 1160. The number of hydrogen-bond acceptors (Lipinski definition) is 6. The van der Waals surface area contributed by atoms with E-state index >= 15 is 0 Å². The van der Waals surface area contributed by atoms with E-state index in [0.717, 1.165) is 29.5 Å². The maximum atomic E-state index is 12.1. The fraction of sp³-hybridized carbons (Fsp3) is 0.250. The molecule has 1 aliphatic carbocycles. The zero-order valence-electron chi connectivity index (χ0n) is 19.7. The van der Waals surface area contributed by atoms with Crippen LogP contribution >= 0.6 is 0 Å². The van der Waals surface area contributed by atoms with Crippen molar-refractivity contribution in [1.29, 1.82) is 0 Å². The Hall–Kier alpha value is -3.93. The normalized spacial score (nSPS) is 14.0. The van der Waals surface area contributed by atoms with Gasteiger partial charge in [0.25, 0.3) is 0 Å². The first-order valence-electron chi connectivity index (χ1n) is 10.9. The lowest BCUT2D eigenvalue weighted by Crippen LogP contribution is -2.14. The Morgan fingerprint density at radius 3 is 1.79 bits per heavy atom. The third-order valence-electron chi connectivity index (χ3n) is 5.35. The van der Waals surface area contributed by atoms with Crippen LogP contribution in [0.15, 0.2) is 72.9 Å². The first-order valence-corrected chi connectivity index (χ1v) is 10.9. The minimum Gasteiger partial charge on any atom is -0.462 e. The molecule has 2 aromatic rings. The zero-order chi connectivity index (χ0) is 25.0. The first-order chi connectivity index (χ1) is 16.0. The maximum Gasteiger partial charge on any atom is 0.338 e. The lowest BCUT2D eigenvalue weighted by Gasteiger charge is -2.12. The lowest BCUT2D eigenvalue weighted by atomic mass is 10.00. The fourth-order valence-corrected chi connectivity index (χ4v) is 3.57. The first kappa shape index (κ1) is 24.7. The van der Waals surface area contributed by atoms with E-state index in [1.54, 1.807) is 32.9 Å². The van der Waals surface area contributed by atoms with Crippen molar-refractivity contribution in [2.45, 2.75) is 33.6 Å². The van der Waals surface area contributed by atoms with Crippen molar-refractivity contribution in [2.75, 3.05) is 6.61 Å². The number of fused-ring (bicyclic) bond motifs is 1. The number of carbonyl (C=O) groups excluding carboxylic acids is 3. The maximum absolute atomic E-state index is 12.1. The molecule has 0 saturated heterocycles. The Morgan fingerprint density at radius 2 is 1.26 bits per heavy atom. The lowest BCUT2D eigenvalue weighted by molar-refractivity contribution is -0.140. The second-order valence-corrected chi connectivity index (χ2v) is 8.67. The van der Waals surface area contributed by atoms with Gasteiger partial charge in [0.05, 0.1) is 6.61 Å². The summed E-state index contributed by atoms with van der Waals surface area (Å²) in [6.07, 6.45) is 1.59. The summed E-state index contributed by atoms with van der Waals surface area (Å²) in [6, 6.07) is 11.0. The smallest absolute Gasteiger partial charge is 0.338 e. The topological polar surface area (TPSA) is 78.9 Å². The zero-order valence-corrected chi connectivity index (χ0v) is 19.7. The highest BCUT2D eigenvalue weighted by molar-refractivity contribution is 5.90. The van der Waals surface area contributed by atoms with Crippen molar-refractivity contribution >= 4 is 17.9 Å². The van der Waals surface area contributed by atoms with Gasteiger partial charge in [0.15, 0.2) is 0 Å². The summed E-state index contributed by atoms with van der Waals surface area (Å²) in [5.41, 5.74) is 4.82. The van der Waals surface area contributed by atoms with Crippen LogP contribution in [0.5, 0.6) is 11.5 Å². The van der Waals surface area contributed by atoms with Gasteiger partial charge in [-0.2, -0.15) is 0 Å². The summed E-state index contributed by atoms with van der Waals surface area (Å²) in [6.45, 7) is 15.9.